The van der Waals surface area contributed by atoms with Gasteiger partial charge in [-0.15, -0.1) is 0 Å². The van der Waals surface area contributed by atoms with Gasteiger partial charge in [0, 0.05) is 0 Å². The second kappa shape index (κ2) is 2.38. The predicted octanol–water partition coefficient (Wildman–Crippen LogP) is 1.35. The topological polar surface area (TPSA) is 26.3 Å². The highest BCUT2D eigenvalue weighted by Gasteiger charge is 2.29. The monoisotopic (exact) mass is 128 g/mol. The molecule has 0 bridgehead atoms. The average molecular weight is 128 g/mol. The molecular formula is C7H12O2. The minimum atomic E-state index is -0.00926. The summed E-state index contributed by atoms with van der Waals surface area (Å²) in [7, 11) is 0. The van der Waals surface area contributed by atoms with Crippen LogP contribution in [0, 0.1) is 5.92 Å². The van der Waals surface area contributed by atoms with Crippen LogP contribution in [-0.2, 0) is 9.53 Å². The molecule has 2 atom stereocenters. The highest BCUT2D eigenvalue weighted by molar-refractivity contribution is 5.74. The van der Waals surface area contributed by atoms with Crippen LogP contribution >= 0.6 is 0 Å². The number of hydrogen-bond donors (Lipinski definition) is 0. The zero-order chi connectivity index (χ0) is 6.85. The SMILES string of the molecule is CC[C@@H]1CC(C)OC1=O. The molecular weight excluding hydrogens is 116 g/mol. The number of rotatable bonds is 1. The van der Waals surface area contributed by atoms with Crippen molar-refractivity contribution in [1.82, 2.24) is 0 Å². The number of carbonyl (C=O) groups is 1. The van der Waals surface area contributed by atoms with E-state index in [9.17, 15) is 4.79 Å². The van der Waals surface area contributed by atoms with E-state index in [0.717, 1.165) is 12.8 Å². The molecule has 0 aromatic carbocycles. The molecule has 2 nitrogen and oxygen atoms in total. The molecule has 0 aromatic heterocycles. The molecule has 1 unspecified atom stereocenters. The van der Waals surface area contributed by atoms with Crippen molar-refractivity contribution in [2.45, 2.75) is 32.8 Å². The molecule has 0 saturated carbocycles. The third-order valence-electron chi connectivity index (χ3n) is 1.76. The van der Waals surface area contributed by atoms with E-state index in [1.807, 2.05) is 13.8 Å². The third kappa shape index (κ3) is 1.23. The van der Waals surface area contributed by atoms with Crippen molar-refractivity contribution < 1.29 is 9.53 Å². The molecule has 0 N–H and O–H groups in total. The van der Waals surface area contributed by atoms with Gasteiger partial charge in [-0.05, 0) is 19.8 Å². The fourth-order valence-electron chi connectivity index (χ4n) is 1.17. The van der Waals surface area contributed by atoms with Crippen molar-refractivity contribution in [3.63, 3.8) is 0 Å². The number of carbonyl (C=O) groups excluding carboxylic acids is 1. The van der Waals surface area contributed by atoms with E-state index >= 15 is 0 Å². The molecule has 1 fully saturated rings. The number of ether oxygens (including phenoxy) is 1. The summed E-state index contributed by atoms with van der Waals surface area (Å²) in [4.78, 5) is 10.8. The van der Waals surface area contributed by atoms with Crippen LogP contribution in [0.1, 0.15) is 26.7 Å². The molecule has 1 rings (SSSR count). The first kappa shape index (κ1) is 6.59. The lowest BCUT2D eigenvalue weighted by molar-refractivity contribution is -0.143. The van der Waals surface area contributed by atoms with Gasteiger partial charge in [-0.25, -0.2) is 0 Å². The Morgan fingerprint density at radius 2 is 2.44 bits per heavy atom. The van der Waals surface area contributed by atoms with Crippen LogP contribution in [0.2, 0.25) is 0 Å². The first-order valence-electron chi connectivity index (χ1n) is 3.44. The van der Waals surface area contributed by atoms with Gasteiger partial charge in [0.25, 0.3) is 0 Å². The van der Waals surface area contributed by atoms with Gasteiger partial charge in [0.05, 0.1) is 12.0 Å². The zero-order valence-corrected chi connectivity index (χ0v) is 5.89. The summed E-state index contributed by atoms with van der Waals surface area (Å²) in [6.45, 7) is 3.96. The molecule has 1 saturated heterocycles. The molecule has 2 heteroatoms. The summed E-state index contributed by atoms with van der Waals surface area (Å²) in [5.74, 6) is 0.171. The van der Waals surface area contributed by atoms with Crippen LogP contribution in [0.5, 0.6) is 0 Å². The van der Waals surface area contributed by atoms with Crippen LogP contribution in [-0.4, -0.2) is 12.1 Å². The summed E-state index contributed by atoms with van der Waals surface area (Å²) < 4.78 is 4.93. The Balaban J connectivity index is 2.48. The first-order valence-corrected chi connectivity index (χ1v) is 3.44. The lowest BCUT2D eigenvalue weighted by atomic mass is 10.0. The van der Waals surface area contributed by atoms with Crippen LogP contribution in [0.3, 0.4) is 0 Å². The van der Waals surface area contributed by atoms with Crippen molar-refractivity contribution in [2.24, 2.45) is 5.92 Å². The van der Waals surface area contributed by atoms with E-state index in [-0.39, 0.29) is 18.0 Å². The van der Waals surface area contributed by atoms with Gasteiger partial charge in [0.1, 0.15) is 0 Å². The van der Waals surface area contributed by atoms with Crippen LogP contribution in [0.15, 0.2) is 0 Å². The summed E-state index contributed by atoms with van der Waals surface area (Å²) >= 11 is 0. The van der Waals surface area contributed by atoms with Crippen molar-refractivity contribution in [1.29, 1.82) is 0 Å². The Hall–Kier alpha value is -0.530. The van der Waals surface area contributed by atoms with Crippen molar-refractivity contribution in [3.05, 3.63) is 0 Å². The van der Waals surface area contributed by atoms with Gasteiger partial charge < -0.3 is 4.74 Å². The molecule has 0 aromatic rings. The van der Waals surface area contributed by atoms with Gasteiger partial charge in [0.15, 0.2) is 0 Å². The van der Waals surface area contributed by atoms with Gasteiger partial charge in [-0.3, -0.25) is 4.79 Å². The molecule has 0 amide bonds. The second-order valence-electron chi connectivity index (χ2n) is 2.59. The molecule has 0 radical (unpaired) electrons. The van der Waals surface area contributed by atoms with E-state index in [2.05, 4.69) is 0 Å². The van der Waals surface area contributed by atoms with E-state index in [1.165, 1.54) is 0 Å². The molecule has 1 heterocycles. The lowest BCUT2D eigenvalue weighted by Gasteiger charge is -1.95. The maximum atomic E-state index is 10.8. The molecule has 1 aliphatic heterocycles. The molecule has 52 valence electrons. The lowest BCUT2D eigenvalue weighted by Crippen LogP contribution is -2.05. The average Bonchev–Trinajstić information content (AvgIpc) is 2.10. The van der Waals surface area contributed by atoms with Crippen LogP contribution < -0.4 is 0 Å². The van der Waals surface area contributed by atoms with E-state index in [0.29, 0.717) is 0 Å². The van der Waals surface area contributed by atoms with Gasteiger partial charge in [-0.2, -0.15) is 0 Å². The van der Waals surface area contributed by atoms with E-state index in [1.54, 1.807) is 0 Å². The molecule has 0 aliphatic carbocycles. The number of esters is 1. The maximum absolute atomic E-state index is 10.8. The van der Waals surface area contributed by atoms with Crippen LogP contribution in [0.25, 0.3) is 0 Å². The van der Waals surface area contributed by atoms with Gasteiger partial charge in [-0.1, -0.05) is 6.92 Å². The Labute approximate surface area is 55.2 Å². The fourth-order valence-corrected chi connectivity index (χ4v) is 1.17. The Kier molecular flexibility index (Phi) is 1.74. The highest BCUT2D eigenvalue weighted by atomic mass is 16.5. The predicted molar refractivity (Wildman–Crippen MR) is 34.0 cm³/mol. The van der Waals surface area contributed by atoms with E-state index < -0.39 is 0 Å². The smallest absolute Gasteiger partial charge is 0.309 e. The van der Waals surface area contributed by atoms with Crippen molar-refractivity contribution in [2.75, 3.05) is 0 Å². The minimum absolute atomic E-state index is 0.00926. The summed E-state index contributed by atoms with van der Waals surface area (Å²) in [6, 6.07) is 0. The summed E-state index contributed by atoms with van der Waals surface area (Å²) in [5, 5.41) is 0. The molecule has 1 aliphatic rings. The number of cyclic esters (lactones) is 1. The Bertz CT molecular complexity index is 120. The maximum Gasteiger partial charge on any atom is 0.309 e. The van der Waals surface area contributed by atoms with Crippen molar-refractivity contribution >= 4 is 5.97 Å². The summed E-state index contributed by atoms with van der Waals surface area (Å²) in [6.07, 6.45) is 1.99. The highest BCUT2D eigenvalue weighted by Crippen LogP contribution is 2.22. The third-order valence-corrected chi connectivity index (χ3v) is 1.76. The number of hydrogen-bond acceptors (Lipinski definition) is 2. The molecule has 0 spiro atoms. The zero-order valence-electron chi connectivity index (χ0n) is 5.89. The molecule has 9 heavy (non-hydrogen) atoms. The van der Waals surface area contributed by atoms with Crippen molar-refractivity contribution in [3.8, 4) is 0 Å². The second-order valence-corrected chi connectivity index (χ2v) is 2.59. The van der Waals surface area contributed by atoms with Crippen LogP contribution in [0.4, 0.5) is 0 Å². The Morgan fingerprint density at radius 1 is 1.78 bits per heavy atom. The quantitative estimate of drug-likeness (QED) is 0.498. The fraction of sp³-hybridized carbons (Fsp3) is 0.857. The van der Waals surface area contributed by atoms with Gasteiger partial charge in [0.2, 0.25) is 0 Å². The van der Waals surface area contributed by atoms with E-state index in [4.69, 9.17) is 4.74 Å². The van der Waals surface area contributed by atoms with Gasteiger partial charge >= 0.3 is 5.97 Å². The normalized spacial score (nSPS) is 34.7. The standard InChI is InChI=1S/C7H12O2/c1-3-6-4-5(2)9-7(6)8/h5-6H,3-4H2,1-2H3/t5?,6-/m1/s1. The largest absolute Gasteiger partial charge is 0.462 e. The minimum Gasteiger partial charge on any atom is -0.462 e. The Morgan fingerprint density at radius 3 is 2.67 bits per heavy atom. The first-order chi connectivity index (χ1) is 4.24. The summed E-state index contributed by atoms with van der Waals surface area (Å²) in [5.41, 5.74) is 0.